The Morgan fingerprint density at radius 3 is 2.42 bits per heavy atom. The summed E-state index contributed by atoms with van der Waals surface area (Å²) in [4.78, 5) is 12.6. The Morgan fingerprint density at radius 1 is 1.08 bits per heavy atom. The van der Waals surface area contributed by atoms with Crippen LogP contribution in [-0.4, -0.2) is 33.5 Å². The lowest BCUT2D eigenvalue weighted by atomic mass is 9.95. The van der Waals surface area contributed by atoms with Crippen LogP contribution < -0.4 is 15.4 Å². The average molecular weight is 373 g/mol. The molecule has 138 valence electrons. The molecule has 0 spiro atoms. The molecule has 2 aromatic rings. The summed E-state index contributed by atoms with van der Waals surface area (Å²) in [6, 6.07) is 14.8. The van der Waals surface area contributed by atoms with Gasteiger partial charge in [0.2, 0.25) is 0 Å². The summed E-state index contributed by atoms with van der Waals surface area (Å²) in [6.45, 7) is 3.90. The maximum absolute atomic E-state index is 12.4. The highest BCUT2D eigenvalue weighted by Gasteiger charge is 2.23. The van der Waals surface area contributed by atoms with Gasteiger partial charge in [0.25, 0.3) is 15.9 Å². The highest BCUT2D eigenvalue weighted by atomic mass is 32.2. The Balaban J connectivity index is 1.65. The molecule has 1 heterocycles. The van der Waals surface area contributed by atoms with Crippen LogP contribution in [0.3, 0.4) is 0 Å². The molecule has 0 aromatic heterocycles. The third kappa shape index (κ3) is 4.42. The molecule has 0 bridgehead atoms. The first-order valence-electron chi connectivity index (χ1n) is 8.65. The van der Waals surface area contributed by atoms with E-state index in [9.17, 15) is 13.2 Å². The lowest BCUT2D eigenvalue weighted by Crippen LogP contribution is -2.48. The SMILES string of the molecule is CC1CNCCC1NC(=O)c1ccc(NS(=O)(=O)c2ccccc2)cc1. The fraction of sp³-hybridized carbons (Fsp3) is 0.316. The zero-order valence-electron chi connectivity index (χ0n) is 14.6. The predicted octanol–water partition coefficient (Wildman–Crippen LogP) is 2.22. The Hall–Kier alpha value is -2.38. The first kappa shape index (κ1) is 18.4. The largest absolute Gasteiger partial charge is 0.349 e. The summed E-state index contributed by atoms with van der Waals surface area (Å²) in [5, 5.41) is 6.36. The van der Waals surface area contributed by atoms with Gasteiger partial charge in [-0.1, -0.05) is 25.1 Å². The molecule has 2 unspecified atom stereocenters. The van der Waals surface area contributed by atoms with Crippen LogP contribution in [0.2, 0.25) is 0 Å². The van der Waals surface area contributed by atoms with Gasteiger partial charge >= 0.3 is 0 Å². The van der Waals surface area contributed by atoms with Crippen molar-refractivity contribution in [3.05, 3.63) is 60.2 Å². The van der Waals surface area contributed by atoms with Crippen molar-refractivity contribution in [3.8, 4) is 0 Å². The van der Waals surface area contributed by atoms with Crippen LogP contribution in [0.15, 0.2) is 59.5 Å². The van der Waals surface area contributed by atoms with Gasteiger partial charge in [-0.15, -0.1) is 0 Å². The topological polar surface area (TPSA) is 87.3 Å². The van der Waals surface area contributed by atoms with E-state index in [-0.39, 0.29) is 16.8 Å². The Labute approximate surface area is 154 Å². The highest BCUT2D eigenvalue weighted by molar-refractivity contribution is 7.92. The number of hydrogen-bond donors (Lipinski definition) is 3. The fourth-order valence-electron chi connectivity index (χ4n) is 2.98. The van der Waals surface area contributed by atoms with Gasteiger partial charge in [-0.25, -0.2) is 8.42 Å². The van der Waals surface area contributed by atoms with E-state index < -0.39 is 10.0 Å². The number of carbonyl (C=O) groups excluding carboxylic acids is 1. The molecule has 2 aromatic carbocycles. The second-order valence-electron chi connectivity index (χ2n) is 6.55. The standard InChI is InChI=1S/C19H23N3O3S/c1-14-13-20-12-11-18(14)21-19(23)15-7-9-16(10-8-15)22-26(24,25)17-5-3-2-4-6-17/h2-10,14,18,20,22H,11-13H2,1H3,(H,21,23). The molecule has 1 aliphatic rings. The van der Waals surface area contributed by atoms with E-state index in [2.05, 4.69) is 22.3 Å². The molecule has 3 rings (SSSR count). The van der Waals surface area contributed by atoms with E-state index >= 15 is 0 Å². The Bertz CT molecular complexity index is 851. The van der Waals surface area contributed by atoms with Gasteiger partial charge in [0.05, 0.1) is 4.90 Å². The minimum Gasteiger partial charge on any atom is -0.349 e. The molecule has 3 N–H and O–H groups in total. The van der Waals surface area contributed by atoms with E-state index in [1.807, 2.05) is 0 Å². The van der Waals surface area contributed by atoms with Crippen LogP contribution >= 0.6 is 0 Å². The van der Waals surface area contributed by atoms with Crippen LogP contribution in [0, 0.1) is 5.92 Å². The fourth-order valence-corrected chi connectivity index (χ4v) is 4.06. The summed E-state index contributed by atoms with van der Waals surface area (Å²) in [6.07, 6.45) is 0.905. The van der Waals surface area contributed by atoms with Crippen LogP contribution in [0.25, 0.3) is 0 Å². The number of carbonyl (C=O) groups is 1. The van der Waals surface area contributed by atoms with Crippen molar-refractivity contribution in [1.29, 1.82) is 0 Å². The summed E-state index contributed by atoms with van der Waals surface area (Å²) in [5.74, 6) is 0.242. The van der Waals surface area contributed by atoms with Crippen molar-refractivity contribution >= 4 is 21.6 Å². The minimum atomic E-state index is -3.63. The Kier molecular flexibility index (Phi) is 5.58. The summed E-state index contributed by atoms with van der Waals surface area (Å²) >= 11 is 0. The number of hydrogen-bond acceptors (Lipinski definition) is 4. The number of amides is 1. The van der Waals surface area contributed by atoms with E-state index in [1.165, 1.54) is 12.1 Å². The molecule has 0 aliphatic carbocycles. The van der Waals surface area contributed by atoms with Gasteiger partial charge in [-0.3, -0.25) is 9.52 Å². The van der Waals surface area contributed by atoms with E-state index in [0.29, 0.717) is 17.2 Å². The monoisotopic (exact) mass is 373 g/mol. The second-order valence-corrected chi connectivity index (χ2v) is 8.23. The lowest BCUT2D eigenvalue weighted by molar-refractivity contribution is 0.0914. The molecule has 2 atom stereocenters. The van der Waals surface area contributed by atoms with Crippen molar-refractivity contribution in [1.82, 2.24) is 10.6 Å². The van der Waals surface area contributed by atoms with Gasteiger partial charge in [-0.05, 0) is 61.8 Å². The minimum absolute atomic E-state index is 0.138. The number of anilines is 1. The van der Waals surface area contributed by atoms with Gasteiger partial charge in [0.15, 0.2) is 0 Å². The zero-order valence-corrected chi connectivity index (χ0v) is 15.4. The van der Waals surface area contributed by atoms with Gasteiger partial charge < -0.3 is 10.6 Å². The number of rotatable bonds is 5. The zero-order chi connectivity index (χ0) is 18.6. The van der Waals surface area contributed by atoms with Crippen molar-refractivity contribution in [2.75, 3.05) is 17.8 Å². The molecule has 0 radical (unpaired) electrons. The van der Waals surface area contributed by atoms with E-state index in [0.717, 1.165) is 19.5 Å². The maximum atomic E-state index is 12.4. The average Bonchev–Trinajstić information content (AvgIpc) is 2.64. The molecule has 0 saturated carbocycles. The van der Waals surface area contributed by atoms with Crippen molar-refractivity contribution in [2.24, 2.45) is 5.92 Å². The number of piperidine rings is 1. The first-order chi connectivity index (χ1) is 12.5. The van der Waals surface area contributed by atoms with Crippen molar-refractivity contribution in [2.45, 2.75) is 24.3 Å². The predicted molar refractivity (Wildman–Crippen MR) is 102 cm³/mol. The number of benzene rings is 2. The van der Waals surface area contributed by atoms with Crippen LogP contribution in [0.1, 0.15) is 23.7 Å². The van der Waals surface area contributed by atoms with Crippen molar-refractivity contribution < 1.29 is 13.2 Å². The number of nitrogens with one attached hydrogen (secondary N) is 3. The molecular weight excluding hydrogens is 350 g/mol. The Morgan fingerprint density at radius 2 is 1.77 bits per heavy atom. The number of sulfonamides is 1. The van der Waals surface area contributed by atoms with Gasteiger partial charge in [0, 0.05) is 17.3 Å². The normalized spacial score (nSPS) is 20.3. The third-order valence-electron chi connectivity index (χ3n) is 4.55. The smallest absolute Gasteiger partial charge is 0.261 e. The molecule has 1 saturated heterocycles. The van der Waals surface area contributed by atoms with Crippen LogP contribution in [0.5, 0.6) is 0 Å². The molecule has 7 heteroatoms. The van der Waals surface area contributed by atoms with E-state index in [1.54, 1.807) is 42.5 Å². The van der Waals surface area contributed by atoms with Gasteiger partial charge in [-0.2, -0.15) is 0 Å². The molecule has 1 aliphatic heterocycles. The van der Waals surface area contributed by atoms with Crippen molar-refractivity contribution in [3.63, 3.8) is 0 Å². The van der Waals surface area contributed by atoms with Crippen LogP contribution in [0.4, 0.5) is 5.69 Å². The summed E-state index contributed by atoms with van der Waals surface area (Å²) in [5.41, 5.74) is 0.930. The summed E-state index contributed by atoms with van der Waals surface area (Å²) in [7, 11) is -3.63. The van der Waals surface area contributed by atoms with Crippen LogP contribution in [-0.2, 0) is 10.0 Å². The second kappa shape index (κ2) is 7.88. The lowest BCUT2D eigenvalue weighted by Gasteiger charge is -2.30. The summed E-state index contributed by atoms with van der Waals surface area (Å²) < 4.78 is 27.2. The molecule has 1 amide bonds. The first-order valence-corrected chi connectivity index (χ1v) is 10.1. The highest BCUT2D eigenvalue weighted by Crippen LogP contribution is 2.17. The molecule has 26 heavy (non-hydrogen) atoms. The van der Waals surface area contributed by atoms with Gasteiger partial charge in [0.1, 0.15) is 0 Å². The van der Waals surface area contributed by atoms with E-state index in [4.69, 9.17) is 0 Å². The maximum Gasteiger partial charge on any atom is 0.261 e. The molecule has 6 nitrogen and oxygen atoms in total. The molecular formula is C19H23N3O3S. The quantitative estimate of drug-likeness (QED) is 0.750. The molecule has 1 fully saturated rings. The third-order valence-corrected chi connectivity index (χ3v) is 5.95.